The van der Waals surface area contributed by atoms with Crippen LogP contribution in [0.15, 0.2) is 48.4 Å². The molecule has 0 bridgehead atoms. The lowest BCUT2D eigenvalue weighted by atomic mass is 9.89. The van der Waals surface area contributed by atoms with Crippen LogP contribution in [-0.2, 0) is 12.6 Å². The quantitative estimate of drug-likeness (QED) is 0.485. The average Bonchev–Trinajstić information content (AvgIpc) is 3.51. The third-order valence-electron chi connectivity index (χ3n) is 5.40. The fraction of sp³-hybridized carbons (Fsp3) is 0.200. The van der Waals surface area contributed by atoms with Gasteiger partial charge in [0.2, 0.25) is 0 Å². The second kappa shape index (κ2) is 7.92. The van der Waals surface area contributed by atoms with Gasteiger partial charge < -0.3 is 5.73 Å². The Bertz CT molecular complexity index is 1310. The number of halogens is 3. The van der Waals surface area contributed by atoms with E-state index in [1.54, 1.807) is 17.6 Å². The molecule has 0 saturated heterocycles. The van der Waals surface area contributed by atoms with Gasteiger partial charge in [-0.05, 0) is 36.1 Å². The number of nitrogens with two attached hydrogens (primary N) is 1. The van der Waals surface area contributed by atoms with E-state index in [2.05, 4.69) is 25.4 Å². The van der Waals surface area contributed by atoms with Crippen LogP contribution in [-0.4, -0.2) is 36.2 Å². The van der Waals surface area contributed by atoms with Gasteiger partial charge in [-0.15, -0.1) is 15.0 Å². The minimum atomic E-state index is -4.71. The summed E-state index contributed by atoms with van der Waals surface area (Å²) in [6.07, 6.45) is -0.0287. The third kappa shape index (κ3) is 3.69. The van der Waals surface area contributed by atoms with Gasteiger partial charge in [0.15, 0.2) is 5.82 Å². The number of alkyl halides is 3. The molecule has 2 N–H and O–H groups in total. The minimum absolute atomic E-state index is 0.212. The number of hydrogen-bond acceptors (Lipinski definition) is 7. The molecule has 5 rings (SSSR count). The maximum absolute atomic E-state index is 13.9. The van der Waals surface area contributed by atoms with Gasteiger partial charge in [0, 0.05) is 11.8 Å². The van der Waals surface area contributed by atoms with E-state index < -0.39 is 29.6 Å². The normalized spacial score (nSPS) is 16.0. The van der Waals surface area contributed by atoms with Gasteiger partial charge >= 0.3 is 12.2 Å². The molecule has 1 aromatic carbocycles. The second-order valence-corrected chi connectivity index (χ2v) is 8.10. The standard InChI is InChI=1S/C20H15F3N8OS/c21-20(22,23)14-8-11(9-25-17(14)31-27-6-7-28-31)15-5-4-12-13(18-29-26-10-33-18)2-1-3-16(12)30(15)19(24)32/h1-3,6-10,15H,4-5H2,(H2,24,32). The number of fused-ring (bicyclic) bond motifs is 1. The highest BCUT2D eigenvalue weighted by molar-refractivity contribution is 7.12. The Morgan fingerprint density at radius 1 is 1.21 bits per heavy atom. The van der Waals surface area contributed by atoms with E-state index in [0.29, 0.717) is 23.5 Å². The Hall–Kier alpha value is -3.87. The predicted molar refractivity (Wildman–Crippen MR) is 113 cm³/mol. The van der Waals surface area contributed by atoms with Gasteiger partial charge in [0.25, 0.3) is 0 Å². The summed E-state index contributed by atoms with van der Waals surface area (Å²) in [6, 6.07) is 4.81. The highest BCUT2D eigenvalue weighted by Crippen LogP contribution is 2.44. The van der Waals surface area contributed by atoms with Crippen LogP contribution in [0.2, 0.25) is 0 Å². The smallest absolute Gasteiger partial charge is 0.351 e. The Balaban J connectivity index is 1.61. The Kier molecular flexibility index (Phi) is 5.04. The lowest BCUT2D eigenvalue weighted by Gasteiger charge is -2.37. The minimum Gasteiger partial charge on any atom is -0.351 e. The van der Waals surface area contributed by atoms with Crippen molar-refractivity contribution in [1.29, 1.82) is 0 Å². The summed E-state index contributed by atoms with van der Waals surface area (Å²) < 4.78 is 41.6. The summed E-state index contributed by atoms with van der Waals surface area (Å²) in [5.41, 5.74) is 8.69. The van der Waals surface area contributed by atoms with Crippen LogP contribution in [0, 0.1) is 0 Å². The van der Waals surface area contributed by atoms with Gasteiger partial charge in [-0.25, -0.2) is 9.78 Å². The van der Waals surface area contributed by atoms with Crippen molar-refractivity contribution in [2.75, 3.05) is 4.90 Å². The molecule has 1 aliphatic rings. The Labute approximate surface area is 188 Å². The number of carbonyl (C=O) groups is 1. The zero-order valence-electron chi connectivity index (χ0n) is 16.8. The molecule has 0 spiro atoms. The topological polar surface area (TPSA) is 116 Å². The number of rotatable bonds is 3. The number of aromatic nitrogens is 6. The fourth-order valence-corrected chi connectivity index (χ4v) is 4.68. The maximum Gasteiger partial charge on any atom is 0.420 e. The van der Waals surface area contributed by atoms with Crippen molar-refractivity contribution in [3.05, 3.63) is 65.1 Å². The highest BCUT2D eigenvalue weighted by atomic mass is 32.1. The molecule has 1 unspecified atom stereocenters. The highest BCUT2D eigenvalue weighted by Gasteiger charge is 2.38. The number of benzene rings is 1. The van der Waals surface area contributed by atoms with Crippen LogP contribution >= 0.6 is 11.3 Å². The van der Waals surface area contributed by atoms with E-state index in [1.165, 1.54) is 34.8 Å². The number of amides is 2. The van der Waals surface area contributed by atoms with Crippen molar-refractivity contribution < 1.29 is 18.0 Å². The Morgan fingerprint density at radius 3 is 2.67 bits per heavy atom. The first kappa shape index (κ1) is 21.0. The first-order valence-electron chi connectivity index (χ1n) is 9.75. The first-order valence-corrected chi connectivity index (χ1v) is 10.6. The summed E-state index contributed by atoms with van der Waals surface area (Å²) in [5, 5.41) is 16.2. The lowest BCUT2D eigenvalue weighted by molar-refractivity contribution is -0.137. The van der Waals surface area contributed by atoms with Gasteiger partial charge in [0.05, 0.1) is 24.1 Å². The monoisotopic (exact) mass is 472 g/mol. The predicted octanol–water partition coefficient (Wildman–Crippen LogP) is 3.77. The van der Waals surface area contributed by atoms with E-state index in [4.69, 9.17) is 5.73 Å². The third-order valence-corrected chi connectivity index (χ3v) is 6.13. The molecule has 0 aliphatic carbocycles. The van der Waals surface area contributed by atoms with E-state index in [9.17, 15) is 18.0 Å². The van der Waals surface area contributed by atoms with E-state index in [0.717, 1.165) is 22.0 Å². The average molecular weight is 472 g/mol. The van der Waals surface area contributed by atoms with Crippen molar-refractivity contribution in [2.24, 2.45) is 5.73 Å². The summed E-state index contributed by atoms with van der Waals surface area (Å²) in [6.45, 7) is 0. The van der Waals surface area contributed by atoms with Gasteiger partial charge in [-0.1, -0.05) is 23.5 Å². The number of primary amides is 1. The molecule has 0 radical (unpaired) electrons. The molecule has 13 heteroatoms. The molecule has 1 aliphatic heterocycles. The molecule has 3 aromatic heterocycles. The second-order valence-electron chi connectivity index (χ2n) is 7.27. The molecule has 4 aromatic rings. The maximum atomic E-state index is 13.9. The molecule has 33 heavy (non-hydrogen) atoms. The first-order chi connectivity index (χ1) is 15.8. The number of urea groups is 1. The molecule has 168 valence electrons. The number of anilines is 1. The van der Waals surface area contributed by atoms with Gasteiger partial charge in [-0.3, -0.25) is 4.90 Å². The molecule has 0 saturated carbocycles. The number of hydrogen-bond donors (Lipinski definition) is 1. The van der Waals surface area contributed by atoms with Crippen LogP contribution in [0.5, 0.6) is 0 Å². The van der Waals surface area contributed by atoms with Crippen LogP contribution < -0.4 is 10.6 Å². The van der Waals surface area contributed by atoms with E-state index in [1.807, 2.05) is 6.07 Å². The largest absolute Gasteiger partial charge is 0.420 e. The number of nitrogens with zero attached hydrogens (tertiary/aromatic N) is 7. The fourth-order valence-electron chi connectivity index (χ4n) is 4.07. The van der Waals surface area contributed by atoms with Crippen molar-refractivity contribution >= 4 is 23.1 Å². The van der Waals surface area contributed by atoms with Gasteiger partial charge in [-0.2, -0.15) is 23.4 Å². The molecular weight excluding hydrogens is 457 g/mol. The summed E-state index contributed by atoms with van der Waals surface area (Å²) in [4.78, 5) is 18.6. The molecule has 9 nitrogen and oxygen atoms in total. The molecule has 4 heterocycles. The summed E-state index contributed by atoms with van der Waals surface area (Å²) in [7, 11) is 0. The van der Waals surface area contributed by atoms with E-state index >= 15 is 0 Å². The summed E-state index contributed by atoms with van der Waals surface area (Å²) in [5.74, 6) is -0.448. The molecule has 1 atom stereocenters. The zero-order chi connectivity index (χ0) is 23.2. The van der Waals surface area contributed by atoms with E-state index in [-0.39, 0.29) is 5.56 Å². The van der Waals surface area contributed by atoms with Crippen molar-refractivity contribution in [3.8, 4) is 16.4 Å². The Morgan fingerprint density at radius 2 is 2.00 bits per heavy atom. The van der Waals surface area contributed by atoms with Crippen LogP contribution in [0.4, 0.5) is 23.7 Å². The van der Waals surface area contributed by atoms with Crippen LogP contribution in [0.25, 0.3) is 16.4 Å². The summed E-state index contributed by atoms with van der Waals surface area (Å²) >= 11 is 1.35. The zero-order valence-corrected chi connectivity index (χ0v) is 17.6. The molecular formula is C20H15F3N8OS. The number of pyridine rings is 1. The van der Waals surface area contributed by atoms with Crippen LogP contribution in [0.3, 0.4) is 0 Å². The molecule has 2 amide bonds. The number of carbonyl (C=O) groups excluding carboxylic acids is 1. The van der Waals surface area contributed by atoms with Crippen LogP contribution in [0.1, 0.15) is 29.2 Å². The molecule has 0 fully saturated rings. The van der Waals surface area contributed by atoms with Crippen molar-refractivity contribution in [3.63, 3.8) is 0 Å². The van der Waals surface area contributed by atoms with Gasteiger partial charge in [0.1, 0.15) is 16.1 Å². The lowest BCUT2D eigenvalue weighted by Crippen LogP contribution is -2.42. The SMILES string of the molecule is NC(=O)N1c2cccc(-c3nncs3)c2CCC1c1cnc(-n2nccn2)c(C(F)(F)F)c1. The van der Waals surface area contributed by atoms with Crippen molar-refractivity contribution in [1.82, 2.24) is 30.2 Å². The van der Waals surface area contributed by atoms with Crippen molar-refractivity contribution in [2.45, 2.75) is 25.1 Å².